The Morgan fingerprint density at radius 3 is 3.13 bits per heavy atom. The zero-order valence-electron chi connectivity index (χ0n) is 7.39. The van der Waals surface area contributed by atoms with Gasteiger partial charge in [0.05, 0.1) is 10.8 Å². The summed E-state index contributed by atoms with van der Waals surface area (Å²) in [6.45, 7) is 0. The van der Waals surface area contributed by atoms with E-state index in [9.17, 15) is 4.79 Å². The van der Waals surface area contributed by atoms with E-state index in [0.29, 0.717) is 21.2 Å². The largest absolute Gasteiger partial charge is 0.271 e. The Morgan fingerprint density at radius 1 is 1.40 bits per heavy atom. The Balaban J connectivity index is 2.78. The monoisotopic (exact) mass is 219 g/mol. The van der Waals surface area contributed by atoms with Gasteiger partial charge in [0.15, 0.2) is 5.65 Å². The summed E-state index contributed by atoms with van der Waals surface area (Å²) in [7, 11) is 0. The van der Waals surface area contributed by atoms with Crippen LogP contribution in [0.1, 0.15) is 0 Å². The van der Waals surface area contributed by atoms with E-state index in [4.69, 9.17) is 12.2 Å². The van der Waals surface area contributed by atoms with Crippen LogP contribution in [0.3, 0.4) is 0 Å². The highest BCUT2D eigenvalue weighted by molar-refractivity contribution is 7.71. The molecular weight excluding hydrogens is 214 g/mol. The van der Waals surface area contributed by atoms with Crippen LogP contribution in [0.5, 0.6) is 0 Å². The lowest BCUT2D eigenvalue weighted by atomic mass is 10.2. The molecule has 0 aliphatic rings. The fraction of sp³-hybridized carbons (Fsp3) is 0. The number of fused-ring (bicyclic) bond motifs is 3. The summed E-state index contributed by atoms with van der Waals surface area (Å²) < 4.78 is 1.79. The minimum absolute atomic E-state index is 0.211. The number of H-pyrrole nitrogens is 2. The zero-order valence-corrected chi connectivity index (χ0v) is 8.21. The predicted molar refractivity (Wildman–Crippen MR) is 56.3 cm³/mol. The van der Waals surface area contributed by atoms with Crippen LogP contribution in [0.2, 0.25) is 0 Å². The number of nitrogens with zero attached hydrogens (tertiary/aromatic N) is 3. The van der Waals surface area contributed by atoms with Crippen molar-refractivity contribution in [3.8, 4) is 0 Å². The molecule has 0 unspecified atom stereocenters. The highest BCUT2D eigenvalue weighted by Crippen LogP contribution is 2.11. The Labute approximate surface area is 87.6 Å². The van der Waals surface area contributed by atoms with Crippen molar-refractivity contribution < 1.29 is 0 Å². The van der Waals surface area contributed by atoms with Gasteiger partial charge in [-0.1, -0.05) is 0 Å². The van der Waals surface area contributed by atoms with Gasteiger partial charge in [-0.3, -0.25) is 14.9 Å². The average molecular weight is 219 g/mol. The second kappa shape index (κ2) is 2.74. The van der Waals surface area contributed by atoms with Crippen LogP contribution in [0, 0.1) is 4.77 Å². The molecule has 6 nitrogen and oxygen atoms in total. The number of nitrogens with one attached hydrogen (secondary N) is 2. The molecule has 0 aromatic carbocycles. The third-order valence-electron chi connectivity index (χ3n) is 2.19. The Hall–Kier alpha value is -2.02. The Morgan fingerprint density at radius 2 is 2.27 bits per heavy atom. The van der Waals surface area contributed by atoms with Crippen LogP contribution in [0.4, 0.5) is 0 Å². The van der Waals surface area contributed by atoms with Crippen molar-refractivity contribution in [2.75, 3.05) is 0 Å². The molecule has 3 aromatic heterocycles. The van der Waals surface area contributed by atoms with Crippen molar-refractivity contribution in [1.82, 2.24) is 24.8 Å². The number of aromatic nitrogens is 5. The Bertz CT molecular complexity index is 768. The van der Waals surface area contributed by atoms with Gasteiger partial charge < -0.3 is 0 Å². The van der Waals surface area contributed by atoms with Crippen molar-refractivity contribution in [3.63, 3.8) is 0 Å². The second-order valence-corrected chi connectivity index (χ2v) is 3.44. The second-order valence-electron chi connectivity index (χ2n) is 3.05. The van der Waals surface area contributed by atoms with Crippen molar-refractivity contribution in [2.24, 2.45) is 0 Å². The molecule has 0 amide bonds. The normalized spacial score (nSPS) is 11.2. The maximum absolute atomic E-state index is 11.7. The summed E-state index contributed by atoms with van der Waals surface area (Å²) in [5.41, 5.74) is 0.361. The van der Waals surface area contributed by atoms with Crippen LogP contribution >= 0.6 is 12.2 Å². The molecule has 2 N–H and O–H groups in total. The van der Waals surface area contributed by atoms with Gasteiger partial charge in [-0.15, -0.1) is 0 Å². The fourth-order valence-corrected chi connectivity index (χ4v) is 1.69. The van der Waals surface area contributed by atoms with Crippen LogP contribution in [0.15, 0.2) is 23.3 Å². The Kier molecular flexibility index (Phi) is 1.51. The van der Waals surface area contributed by atoms with Gasteiger partial charge in [0.1, 0.15) is 0 Å². The average Bonchev–Trinajstić information content (AvgIpc) is 2.62. The summed E-state index contributed by atoms with van der Waals surface area (Å²) in [5.74, 6) is 0. The first-order valence-electron chi connectivity index (χ1n) is 4.20. The summed E-state index contributed by atoms with van der Waals surface area (Å²) in [5, 5.41) is 10.5. The van der Waals surface area contributed by atoms with E-state index < -0.39 is 0 Å². The zero-order chi connectivity index (χ0) is 10.4. The molecule has 3 aromatic rings. The van der Waals surface area contributed by atoms with Crippen LogP contribution in [0.25, 0.3) is 16.4 Å². The predicted octanol–water partition coefficient (Wildman–Crippen LogP) is 0.628. The van der Waals surface area contributed by atoms with Gasteiger partial charge in [-0.25, -0.2) is 9.61 Å². The molecule has 0 saturated heterocycles. The first-order valence-corrected chi connectivity index (χ1v) is 4.61. The topological polar surface area (TPSA) is 78.8 Å². The first kappa shape index (κ1) is 8.30. The van der Waals surface area contributed by atoms with E-state index in [1.54, 1.807) is 18.5 Å². The quantitative estimate of drug-likeness (QED) is 0.543. The molecule has 0 radical (unpaired) electrons. The maximum Gasteiger partial charge on any atom is 0.271 e. The third-order valence-corrected chi connectivity index (χ3v) is 2.47. The standard InChI is InChI=1S/C8H5N5OS/c14-7-4-1-2-9-3-5(4)6-10-11-8(15)13(6)12-7/h1-3H,(H,11,15)(H,12,14). The summed E-state index contributed by atoms with van der Waals surface area (Å²) in [4.78, 5) is 15.6. The molecule has 3 rings (SSSR count). The maximum atomic E-state index is 11.7. The highest BCUT2D eigenvalue weighted by atomic mass is 32.1. The molecule has 0 bridgehead atoms. The van der Waals surface area contributed by atoms with Gasteiger partial charge in [0.25, 0.3) is 5.56 Å². The van der Waals surface area contributed by atoms with E-state index in [0.717, 1.165) is 0 Å². The smallest absolute Gasteiger partial charge is 0.267 e. The van der Waals surface area contributed by atoms with Crippen LogP contribution in [-0.4, -0.2) is 24.8 Å². The van der Waals surface area contributed by atoms with Gasteiger partial charge in [-0.05, 0) is 18.3 Å². The molecule has 7 heteroatoms. The lowest BCUT2D eigenvalue weighted by Gasteiger charge is -1.97. The molecule has 0 atom stereocenters. The molecule has 0 saturated carbocycles. The van der Waals surface area contributed by atoms with E-state index >= 15 is 0 Å². The number of aromatic amines is 2. The first-order chi connectivity index (χ1) is 7.27. The molecule has 74 valence electrons. The molecule has 0 aliphatic heterocycles. The molecular formula is C8H5N5OS. The van der Waals surface area contributed by atoms with E-state index in [-0.39, 0.29) is 5.56 Å². The number of rotatable bonds is 0. The summed E-state index contributed by atoms with van der Waals surface area (Å²) in [6, 6.07) is 1.64. The van der Waals surface area contributed by atoms with Gasteiger partial charge >= 0.3 is 0 Å². The van der Waals surface area contributed by atoms with E-state index in [2.05, 4.69) is 20.3 Å². The third kappa shape index (κ3) is 1.03. The molecule has 0 spiro atoms. The lowest BCUT2D eigenvalue weighted by Crippen LogP contribution is -2.11. The minimum Gasteiger partial charge on any atom is -0.267 e. The van der Waals surface area contributed by atoms with Crippen LogP contribution in [-0.2, 0) is 0 Å². The number of pyridine rings is 1. The molecule has 0 fully saturated rings. The molecule has 3 heterocycles. The SMILES string of the molecule is O=c1[nH]n2c(=S)[nH]nc2c2cnccc12. The number of hydrogen-bond acceptors (Lipinski definition) is 4. The van der Waals surface area contributed by atoms with E-state index in [1.807, 2.05) is 0 Å². The van der Waals surface area contributed by atoms with Crippen LogP contribution < -0.4 is 5.56 Å². The van der Waals surface area contributed by atoms with Gasteiger partial charge in [0.2, 0.25) is 4.77 Å². The van der Waals surface area contributed by atoms with Crippen molar-refractivity contribution in [1.29, 1.82) is 0 Å². The fourth-order valence-electron chi connectivity index (χ4n) is 1.51. The van der Waals surface area contributed by atoms with Gasteiger partial charge in [0, 0.05) is 12.4 Å². The molecule has 0 aliphatic carbocycles. The van der Waals surface area contributed by atoms with Gasteiger partial charge in [-0.2, -0.15) is 5.10 Å². The van der Waals surface area contributed by atoms with Crippen molar-refractivity contribution in [3.05, 3.63) is 33.6 Å². The summed E-state index contributed by atoms with van der Waals surface area (Å²) in [6.07, 6.45) is 3.16. The minimum atomic E-state index is -0.211. The lowest BCUT2D eigenvalue weighted by molar-refractivity contribution is 0.893. The molecule has 15 heavy (non-hydrogen) atoms. The van der Waals surface area contributed by atoms with E-state index in [1.165, 1.54) is 4.52 Å². The number of hydrogen-bond donors (Lipinski definition) is 2. The summed E-state index contributed by atoms with van der Waals surface area (Å²) >= 11 is 4.96. The van der Waals surface area contributed by atoms with Crippen molar-refractivity contribution in [2.45, 2.75) is 0 Å². The van der Waals surface area contributed by atoms with Crippen molar-refractivity contribution >= 4 is 28.6 Å². The highest BCUT2D eigenvalue weighted by Gasteiger charge is 2.06.